The molecule has 2 N–H and O–H groups in total. The average Bonchev–Trinajstić information content (AvgIpc) is 2.48. The molecule has 0 spiro atoms. The van der Waals surface area contributed by atoms with Gasteiger partial charge < -0.3 is 19.8 Å². The summed E-state index contributed by atoms with van der Waals surface area (Å²) in [4.78, 5) is 24.7. The molecule has 2 heterocycles. The molecule has 0 amide bonds. The van der Waals surface area contributed by atoms with Crippen LogP contribution in [0.2, 0.25) is 0 Å². The van der Waals surface area contributed by atoms with Crippen molar-refractivity contribution in [1.82, 2.24) is 0 Å². The Kier molecular flexibility index (Phi) is 10.2. The lowest BCUT2D eigenvalue weighted by atomic mass is 10.3. The monoisotopic (exact) mass is 302 g/mol. The van der Waals surface area contributed by atoms with Crippen molar-refractivity contribution in [2.75, 3.05) is 0 Å². The van der Waals surface area contributed by atoms with E-state index in [-0.39, 0.29) is 0 Å². The summed E-state index contributed by atoms with van der Waals surface area (Å²) in [6, 6.07) is 8.11. The number of hydrogen-bond donors (Lipinski definition) is 0. The summed E-state index contributed by atoms with van der Waals surface area (Å²) in [5, 5.41) is 18.8. The first kappa shape index (κ1) is 19.0. The first-order valence-corrected chi connectivity index (χ1v) is 6.37. The van der Waals surface area contributed by atoms with Crippen molar-refractivity contribution in [2.45, 2.75) is 13.8 Å². The van der Waals surface area contributed by atoms with E-state index in [1.807, 2.05) is 49.1 Å². The highest BCUT2D eigenvalue weighted by Crippen LogP contribution is 1.86. The molecule has 0 saturated carbocycles. The molecule has 6 heteroatoms. The fourth-order valence-electron chi connectivity index (χ4n) is 1.08. The van der Waals surface area contributed by atoms with Gasteiger partial charge in [0.05, 0.1) is 11.9 Å². The highest BCUT2D eigenvalue weighted by Gasteiger charge is 1.78. The summed E-state index contributed by atoms with van der Waals surface area (Å²) in [6.45, 7) is 4.13. The van der Waals surface area contributed by atoms with Crippen LogP contribution in [0, 0.1) is 13.8 Å². The third-order valence-electron chi connectivity index (χ3n) is 2.13. The highest BCUT2D eigenvalue weighted by molar-refractivity contribution is 5.87. The lowest BCUT2D eigenvalue weighted by molar-refractivity contribution is -0.378. The fraction of sp³-hybridized carbons (Fsp3) is 0.125. The summed E-state index contributed by atoms with van der Waals surface area (Å²) < 4.78 is 0. The maximum absolute atomic E-state index is 9.41. The van der Waals surface area contributed by atoms with Gasteiger partial charge in [0.15, 0.2) is 24.8 Å². The van der Waals surface area contributed by atoms with Crippen molar-refractivity contribution in [3.8, 4) is 0 Å². The van der Waals surface area contributed by atoms with Crippen molar-refractivity contribution in [3.63, 3.8) is 0 Å². The second kappa shape index (κ2) is 11.8. The van der Waals surface area contributed by atoms with Crippen molar-refractivity contribution in [3.05, 3.63) is 72.3 Å². The molecule has 2 aromatic heterocycles. The molecule has 0 bridgehead atoms. The Morgan fingerprint density at radius 2 is 1.05 bits per heavy atom. The van der Waals surface area contributed by atoms with E-state index in [1.54, 1.807) is 0 Å². The van der Waals surface area contributed by atoms with Gasteiger partial charge in [-0.05, 0) is 37.1 Å². The van der Waals surface area contributed by atoms with Crippen LogP contribution < -0.4 is 20.2 Å². The molecule has 0 aromatic carbocycles. The topological polar surface area (TPSA) is 109 Å². The Hall–Kier alpha value is -3.02. The van der Waals surface area contributed by atoms with Crippen molar-refractivity contribution in [2.24, 2.45) is 0 Å². The number of aliphatic carboxylic acids is 2. The van der Waals surface area contributed by atoms with Crippen LogP contribution in [0.3, 0.4) is 0 Å². The number of carboxylic acid groups (broad SMARTS) is 2. The van der Waals surface area contributed by atoms with Crippen LogP contribution in [0.15, 0.2) is 61.2 Å². The maximum atomic E-state index is 9.41. The van der Waals surface area contributed by atoms with Gasteiger partial charge in [-0.15, -0.1) is 0 Å². The molecule has 2 rings (SSSR count). The number of carbonyl (C=O) groups is 2. The smallest absolute Gasteiger partial charge is 0.167 e. The van der Waals surface area contributed by atoms with Gasteiger partial charge in [-0.1, -0.05) is 0 Å². The molecule has 0 aliphatic heterocycles. The van der Waals surface area contributed by atoms with E-state index >= 15 is 0 Å². The number of H-pyrrole nitrogens is 2. The van der Waals surface area contributed by atoms with Crippen LogP contribution in [0.1, 0.15) is 11.1 Å². The van der Waals surface area contributed by atoms with Crippen LogP contribution in [-0.2, 0) is 9.59 Å². The molecular weight excluding hydrogens is 284 g/mol. The minimum absolute atomic E-state index is 0.384. The van der Waals surface area contributed by atoms with E-state index < -0.39 is 11.9 Å². The second-order valence-electron chi connectivity index (χ2n) is 4.13. The quantitative estimate of drug-likeness (QED) is 0.640. The zero-order valence-corrected chi connectivity index (χ0v) is 12.4. The molecular formula is C16H18N2O4. The van der Waals surface area contributed by atoms with Crippen molar-refractivity contribution >= 4 is 11.9 Å². The largest absolute Gasteiger partial charge is 0.545 e. The third kappa shape index (κ3) is 13.4. The molecule has 0 unspecified atom stereocenters. The van der Waals surface area contributed by atoms with E-state index in [1.165, 1.54) is 11.1 Å². The Morgan fingerprint density at radius 1 is 0.773 bits per heavy atom. The van der Waals surface area contributed by atoms with E-state index in [0.29, 0.717) is 12.2 Å². The minimum atomic E-state index is -1.55. The van der Waals surface area contributed by atoms with Gasteiger partial charge >= 0.3 is 0 Å². The number of carbonyl (C=O) groups excluding carboxylic acids is 2. The van der Waals surface area contributed by atoms with Crippen molar-refractivity contribution in [1.29, 1.82) is 0 Å². The molecule has 0 saturated heterocycles. The van der Waals surface area contributed by atoms with Gasteiger partial charge in [-0.3, -0.25) is 0 Å². The lowest BCUT2D eigenvalue weighted by Crippen LogP contribution is -2.23. The van der Waals surface area contributed by atoms with E-state index in [4.69, 9.17) is 0 Å². The van der Waals surface area contributed by atoms with E-state index in [0.717, 1.165) is 0 Å². The SMILES string of the molecule is Cc1cc[nH+]cc1.Cc1cc[nH+]cc1.O=C([O-])/C=C\C(=O)[O-]. The number of carboxylic acids is 2. The highest BCUT2D eigenvalue weighted by atomic mass is 16.4. The number of aromatic nitrogens is 2. The molecule has 116 valence electrons. The Balaban J connectivity index is 0.000000301. The van der Waals surface area contributed by atoms with E-state index in [2.05, 4.69) is 23.8 Å². The summed E-state index contributed by atoms with van der Waals surface area (Å²) in [6.07, 6.45) is 8.42. The number of aryl methyl sites for hydroxylation is 2. The summed E-state index contributed by atoms with van der Waals surface area (Å²) in [5.74, 6) is -3.09. The molecule has 22 heavy (non-hydrogen) atoms. The predicted molar refractivity (Wildman–Crippen MR) is 74.6 cm³/mol. The molecule has 6 nitrogen and oxygen atoms in total. The van der Waals surface area contributed by atoms with Crippen LogP contribution >= 0.6 is 0 Å². The predicted octanol–water partition coefficient (Wildman–Crippen LogP) is -1.34. The molecule has 0 fully saturated rings. The molecule has 0 atom stereocenters. The molecule has 2 aromatic rings. The summed E-state index contributed by atoms with van der Waals surface area (Å²) >= 11 is 0. The second-order valence-corrected chi connectivity index (χ2v) is 4.13. The fourth-order valence-corrected chi connectivity index (χ4v) is 1.08. The van der Waals surface area contributed by atoms with Crippen molar-refractivity contribution < 1.29 is 29.8 Å². The van der Waals surface area contributed by atoms with Crippen LogP contribution in [0.25, 0.3) is 0 Å². The van der Waals surface area contributed by atoms with Gasteiger partial charge in [-0.2, -0.15) is 0 Å². The zero-order valence-electron chi connectivity index (χ0n) is 12.4. The first-order chi connectivity index (χ1) is 10.4. The Labute approximate surface area is 128 Å². The van der Waals surface area contributed by atoms with Crippen LogP contribution in [0.5, 0.6) is 0 Å². The number of rotatable bonds is 2. The molecule has 0 radical (unpaired) electrons. The van der Waals surface area contributed by atoms with Gasteiger partial charge in [0, 0.05) is 24.3 Å². The average molecular weight is 302 g/mol. The number of nitrogens with one attached hydrogen (secondary N) is 2. The lowest BCUT2D eigenvalue weighted by Gasteiger charge is -1.90. The van der Waals surface area contributed by atoms with Gasteiger partial charge in [0.2, 0.25) is 0 Å². The standard InChI is InChI=1S/2C6H7N.C4H4O4/c2*1-6-2-4-7-5-3-6;5-3(6)1-2-4(7)8/h2*2-5H,1H3;1-2H,(H,5,6)(H,7,8)/b;;2-1-. The third-order valence-corrected chi connectivity index (χ3v) is 2.13. The summed E-state index contributed by atoms with van der Waals surface area (Å²) in [5.41, 5.74) is 2.58. The van der Waals surface area contributed by atoms with Gasteiger partial charge in [0.25, 0.3) is 0 Å². The summed E-state index contributed by atoms with van der Waals surface area (Å²) in [7, 11) is 0. The number of aromatic amines is 2. The molecule has 0 aliphatic rings. The zero-order chi connectivity index (χ0) is 16.8. The van der Waals surface area contributed by atoms with Gasteiger partial charge in [-0.25, -0.2) is 9.97 Å². The van der Waals surface area contributed by atoms with E-state index in [9.17, 15) is 19.8 Å². The maximum Gasteiger partial charge on any atom is 0.167 e. The van der Waals surface area contributed by atoms with Gasteiger partial charge in [0.1, 0.15) is 0 Å². The number of hydrogen-bond acceptors (Lipinski definition) is 4. The van der Waals surface area contributed by atoms with Crippen LogP contribution in [-0.4, -0.2) is 11.9 Å². The minimum Gasteiger partial charge on any atom is -0.545 e. The Morgan fingerprint density at radius 3 is 1.18 bits per heavy atom. The van der Waals surface area contributed by atoms with Crippen LogP contribution in [0.4, 0.5) is 0 Å². The molecule has 0 aliphatic carbocycles. The normalized spacial score (nSPS) is 9.00. The number of pyridine rings is 2. The Bertz CT molecular complexity index is 530. The first-order valence-electron chi connectivity index (χ1n) is 6.37.